The van der Waals surface area contributed by atoms with Crippen molar-refractivity contribution in [3.8, 4) is 0 Å². The number of ether oxygens (including phenoxy) is 1. The number of hydrogen-bond donors (Lipinski definition) is 0. The largest absolute Gasteiger partial charge is 0.422 e. The molecular formula is C7H5NO3. The first-order chi connectivity index (χ1) is 5.29. The molecule has 0 bridgehead atoms. The van der Waals surface area contributed by atoms with Gasteiger partial charge in [0.1, 0.15) is 5.70 Å². The average Bonchev–Trinajstić information content (AvgIpc) is 2.30. The van der Waals surface area contributed by atoms with Gasteiger partial charge in [-0.3, -0.25) is 4.90 Å². The fourth-order valence-corrected chi connectivity index (χ4v) is 1.05. The first kappa shape index (κ1) is 6.15. The molecule has 1 amide bonds. The van der Waals surface area contributed by atoms with E-state index in [2.05, 4.69) is 4.74 Å². The highest BCUT2D eigenvalue weighted by Gasteiger charge is 2.35. The summed E-state index contributed by atoms with van der Waals surface area (Å²) in [6.45, 7) is 0.427. The first-order valence-corrected chi connectivity index (χ1v) is 3.19. The molecule has 0 aromatic carbocycles. The molecule has 0 aromatic heterocycles. The van der Waals surface area contributed by atoms with Crippen molar-refractivity contribution in [3.63, 3.8) is 0 Å². The maximum atomic E-state index is 10.8. The number of amides is 1. The summed E-state index contributed by atoms with van der Waals surface area (Å²) in [5, 5.41) is 0. The van der Waals surface area contributed by atoms with Gasteiger partial charge in [0.25, 0.3) is 0 Å². The second kappa shape index (κ2) is 1.95. The highest BCUT2D eigenvalue weighted by atomic mass is 16.6. The van der Waals surface area contributed by atoms with Gasteiger partial charge in [-0.2, -0.15) is 0 Å². The second-order valence-corrected chi connectivity index (χ2v) is 2.25. The van der Waals surface area contributed by atoms with E-state index in [0.717, 1.165) is 0 Å². The zero-order chi connectivity index (χ0) is 7.84. The molecule has 0 aliphatic carbocycles. The predicted octanol–water partition coefficient (Wildman–Crippen LogP) is 0.419. The van der Waals surface area contributed by atoms with Crippen molar-refractivity contribution in [2.24, 2.45) is 0 Å². The van der Waals surface area contributed by atoms with Crippen LogP contribution in [0, 0.1) is 0 Å². The zero-order valence-electron chi connectivity index (χ0n) is 5.61. The summed E-state index contributed by atoms with van der Waals surface area (Å²) in [4.78, 5) is 23.0. The van der Waals surface area contributed by atoms with E-state index in [0.29, 0.717) is 12.2 Å². The van der Waals surface area contributed by atoms with Crippen LogP contribution in [0.1, 0.15) is 0 Å². The third-order valence-electron chi connectivity index (χ3n) is 1.58. The normalized spacial score (nSPS) is 21.5. The van der Waals surface area contributed by atoms with Crippen LogP contribution in [-0.2, 0) is 9.53 Å². The molecule has 2 rings (SSSR count). The molecule has 1 saturated heterocycles. The first-order valence-electron chi connectivity index (χ1n) is 3.19. The number of esters is 1. The molecule has 0 radical (unpaired) electrons. The predicted molar refractivity (Wildman–Crippen MR) is 35.4 cm³/mol. The van der Waals surface area contributed by atoms with Crippen LogP contribution in [0.5, 0.6) is 0 Å². The Morgan fingerprint density at radius 2 is 2.27 bits per heavy atom. The van der Waals surface area contributed by atoms with Crippen molar-refractivity contribution >= 4 is 12.1 Å². The van der Waals surface area contributed by atoms with Crippen LogP contribution < -0.4 is 0 Å². The molecule has 0 aromatic rings. The van der Waals surface area contributed by atoms with Crippen molar-refractivity contribution in [2.45, 2.75) is 0 Å². The van der Waals surface area contributed by atoms with Gasteiger partial charge >= 0.3 is 12.1 Å². The maximum Gasteiger partial charge on any atom is 0.422 e. The zero-order valence-corrected chi connectivity index (χ0v) is 5.61. The summed E-state index contributed by atoms with van der Waals surface area (Å²) in [6.07, 6.45) is 4.50. The Morgan fingerprint density at radius 1 is 1.45 bits per heavy atom. The number of allylic oxidation sites excluding steroid dienone is 2. The Kier molecular flexibility index (Phi) is 1.09. The Morgan fingerprint density at radius 3 is 3.00 bits per heavy atom. The quantitative estimate of drug-likeness (QED) is 0.372. The molecule has 0 saturated carbocycles. The number of nitrogens with zero attached hydrogens (tertiary/aromatic N) is 1. The molecule has 11 heavy (non-hydrogen) atoms. The Bertz CT molecular complexity index is 290. The van der Waals surface area contributed by atoms with Crippen LogP contribution in [0.15, 0.2) is 23.9 Å². The van der Waals surface area contributed by atoms with E-state index in [-0.39, 0.29) is 0 Å². The van der Waals surface area contributed by atoms with E-state index < -0.39 is 12.1 Å². The molecule has 2 aliphatic rings. The minimum Gasteiger partial charge on any atom is -0.371 e. The van der Waals surface area contributed by atoms with Gasteiger partial charge in [-0.05, 0) is 6.08 Å². The van der Waals surface area contributed by atoms with Gasteiger partial charge in [-0.1, -0.05) is 12.2 Å². The molecule has 2 aliphatic heterocycles. The van der Waals surface area contributed by atoms with Crippen LogP contribution in [0.2, 0.25) is 0 Å². The number of carbonyl (C=O) groups is 2. The van der Waals surface area contributed by atoms with E-state index in [1.54, 1.807) is 18.2 Å². The lowest BCUT2D eigenvalue weighted by Gasteiger charge is -2.11. The number of fused-ring (bicyclic) bond motifs is 1. The van der Waals surface area contributed by atoms with Crippen LogP contribution in [0.4, 0.5) is 4.79 Å². The molecule has 4 nitrogen and oxygen atoms in total. The second-order valence-electron chi connectivity index (χ2n) is 2.25. The lowest BCUT2D eigenvalue weighted by molar-refractivity contribution is -0.130. The monoisotopic (exact) mass is 151 g/mol. The molecule has 0 unspecified atom stereocenters. The summed E-state index contributed by atoms with van der Waals surface area (Å²) in [5.74, 6) is -0.556. The highest BCUT2D eigenvalue weighted by molar-refractivity contribution is 6.04. The van der Waals surface area contributed by atoms with Crippen molar-refractivity contribution < 1.29 is 14.3 Å². The van der Waals surface area contributed by atoms with Gasteiger partial charge < -0.3 is 4.74 Å². The minimum absolute atomic E-state index is 0.331. The fourth-order valence-electron chi connectivity index (χ4n) is 1.05. The van der Waals surface area contributed by atoms with Crippen LogP contribution in [0.3, 0.4) is 0 Å². The molecule has 0 spiro atoms. The summed E-state index contributed by atoms with van der Waals surface area (Å²) in [7, 11) is 0. The van der Waals surface area contributed by atoms with Crippen LogP contribution in [0.25, 0.3) is 0 Å². The Balaban J connectivity index is 2.42. The van der Waals surface area contributed by atoms with Crippen molar-refractivity contribution in [1.29, 1.82) is 0 Å². The van der Waals surface area contributed by atoms with Crippen LogP contribution in [-0.4, -0.2) is 23.5 Å². The van der Waals surface area contributed by atoms with Gasteiger partial charge in [0, 0.05) is 6.54 Å². The van der Waals surface area contributed by atoms with Gasteiger partial charge in [-0.25, -0.2) is 9.59 Å². The summed E-state index contributed by atoms with van der Waals surface area (Å²) >= 11 is 0. The van der Waals surface area contributed by atoms with Crippen molar-refractivity contribution in [2.75, 3.05) is 6.54 Å². The third-order valence-corrected chi connectivity index (χ3v) is 1.58. The number of cyclic esters (lactones) is 2. The van der Waals surface area contributed by atoms with Crippen LogP contribution >= 0.6 is 0 Å². The van der Waals surface area contributed by atoms with Gasteiger partial charge in [0.2, 0.25) is 0 Å². The van der Waals surface area contributed by atoms with Crippen molar-refractivity contribution in [3.05, 3.63) is 23.9 Å². The summed E-state index contributed by atoms with van der Waals surface area (Å²) in [5.41, 5.74) is 0.331. The third kappa shape index (κ3) is 0.756. The standard InChI is InChI=1S/C7H5NO3/c9-6-5-3-1-2-4-8(5)7(10)11-6/h1-3H,4H2. The van der Waals surface area contributed by atoms with Crippen molar-refractivity contribution in [1.82, 2.24) is 4.90 Å². The van der Waals surface area contributed by atoms with E-state index in [4.69, 9.17) is 0 Å². The SMILES string of the molecule is O=C1OC(=O)N2CC=CC=C12. The lowest BCUT2D eigenvalue weighted by Crippen LogP contribution is -2.24. The summed E-state index contributed by atoms with van der Waals surface area (Å²) in [6, 6.07) is 0. The fraction of sp³-hybridized carbons (Fsp3) is 0.143. The van der Waals surface area contributed by atoms with E-state index in [1.807, 2.05) is 0 Å². The molecule has 56 valence electrons. The number of rotatable bonds is 0. The Labute approximate surface area is 62.7 Å². The maximum absolute atomic E-state index is 10.8. The number of carbonyl (C=O) groups excluding carboxylic acids is 2. The molecule has 1 fully saturated rings. The highest BCUT2D eigenvalue weighted by Crippen LogP contribution is 2.19. The van der Waals surface area contributed by atoms with E-state index in [9.17, 15) is 9.59 Å². The Hall–Kier alpha value is -1.58. The molecular weight excluding hydrogens is 146 g/mol. The molecule has 0 N–H and O–H groups in total. The van der Waals surface area contributed by atoms with E-state index >= 15 is 0 Å². The van der Waals surface area contributed by atoms with E-state index in [1.165, 1.54) is 4.90 Å². The molecule has 0 atom stereocenters. The average molecular weight is 151 g/mol. The molecule has 4 heteroatoms. The molecule has 2 heterocycles. The van der Waals surface area contributed by atoms with Gasteiger partial charge in [-0.15, -0.1) is 0 Å². The summed E-state index contributed by atoms with van der Waals surface area (Å²) < 4.78 is 4.35. The van der Waals surface area contributed by atoms with Gasteiger partial charge in [0.15, 0.2) is 0 Å². The lowest BCUT2D eigenvalue weighted by atomic mass is 10.3. The topological polar surface area (TPSA) is 46.6 Å². The number of hydrogen-bond acceptors (Lipinski definition) is 3. The van der Waals surface area contributed by atoms with Gasteiger partial charge in [0.05, 0.1) is 0 Å². The minimum atomic E-state index is -0.578. The smallest absolute Gasteiger partial charge is 0.371 e.